The summed E-state index contributed by atoms with van der Waals surface area (Å²) in [5.41, 5.74) is 7.29. The molecule has 0 amide bonds. The molecule has 2 heteroatoms. The van der Waals surface area contributed by atoms with Crippen molar-refractivity contribution in [3.8, 4) is 0 Å². The molecule has 0 saturated heterocycles. The smallest absolute Gasteiger partial charge is 0.0638 e. The van der Waals surface area contributed by atoms with Crippen LogP contribution in [0.2, 0.25) is 5.02 Å². The molecule has 1 nitrogen and oxygen atoms in total. The zero-order valence-corrected chi connectivity index (χ0v) is 6.93. The van der Waals surface area contributed by atoms with Gasteiger partial charge in [-0.25, -0.2) is 0 Å². The van der Waals surface area contributed by atoms with Gasteiger partial charge in [-0.15, -0.1) is 6.58 Å². The molecule has 0 aliphatic heterocycles. The number of nitrogens with two attached hydrogens (primary N) is 1. The van der Waals surface area contributed by atoms with Crippen LogP contribution in [0.4, 0.5) is 5.69 Å². The van der Waals surface area contributed by atoms with Crippen LogP contribution in [-0.4, -0.2) is 0 Å². The van der Waals surface area contributed by atoms with Crippen LogP contribution in [0.5, 0.6) is 0 Å². The van der Waals surface area contributed by atoms with Crippen LogP contribution >= 0.6 is 11.6 Å². The van der Waals surface area contributed by atoms with E-state index in [-0.39, 0.29) is 0 Å². The SMILES string of the molecule is C=CCc1ccc(N)c(Cl)c1. The zero-order chi connectivity index (χ0) is 8.27. The molecule has 2 N–H and O–H groups in total. The van der Waals surface area contributed by atoms with Gasteiger partial charge in [0.05, 0.1) is 10.7 Å². The second-order valence-corrected chi connectivity index (χ2v) is 2.76. The van der Waals surface area contributed by atoms with Crippen molar-refractivity contribution in [2.75, 3.05) is 5.73 Å². The van der Waals surface area contributed by atoms with Crippen molar-refractivity contribution < 1.29 is 0 Å². The summed E-state index contributed by atoms with van der Waals surface area (Å²) < 4.78 is 0. The maximum absolute atomic E-state index is 5.79. The molecule has 58 valence electrons. The van der Waals surface area contributed by atoms with Crippen molar-refractivity contribution in [2.24, 2.45) is 0 Å². The van der Waals surface area contributed by atoms with Gasteiger partial charge >= 0.3 is 0 Å². The van der Waals surface area contributed by atoms with Gasteiger partial charge in [-0.1, -0.05) is 23.7 Å². The standard InChI is InChI=1S/C9H10ClN/c1-2-3-7-4-5-9(11)8(10)6-7/h2,4-6H,1,3,11H2. The van der Waals surface area contributed by atoms with Crippen LogP contribution in [-0.2, 0) is 6.42 Å². The molecule has 0 spiro atoms. The van der Waals surface area contributed by atoms with E-state index in [0.717, 1.165) is 12.0 Å². The van der Waals surface area contributed by atoms with Crippen molar-refractivity contribution in [1.29, 1.82) is 0 Å². The predicted octanol–water partition coefficient (Wildman–Crippen LogP) is 2.65. The van der Waals surface area contributed by atoms with Crippen LogP contribution in [0.1, 0.15) is 5.56 Å². The van der Waals surface area contributed by atoms with E-state index < -0.39 is 0 Å². The fraction of sp³-hybridized carbons (Fsp3) is 0.111. The molecule has 0 aliphatic rings. The fourth-order valence-electron chi connectivity index (χ4n) is 0.864. The van der Waals surface area contributed by atoms with E-state index in [2.05, 4.69) is 6.58 Å². The van der Waals surface area contributed by atoms with Gasteiger partial charge in [0.2, 0.25) is 0 Å². The van der Waals surface area contributed by atoms with E-state index >= 15 is 0 Å². The first kappa shape index (κ1) is 8.15. The van der Waals surface area contributed by atoms with Gasteiger partial charge in [0.1, 0.15) is 0 Å². The third-order valence-electron chi connectivity index (χ3n) is 1.44. The molecule has 0 radical (unpaired) electrons. The van der Waals surface area contributed by atoms with E-state index in [1.54, 1.807) is 6.07 Å². The minimum atomic E-state index is 0.615. The summed E-state index contributed by atoms with van der Waals surface area (Å²) in [5, 5.41) is 0.615. The number of nitrogen functional groups attached to an aromatic ring is 1. The van der Waals surface area contributed by atoms with E-state index in [0.29, 0.717) is 10.7 Å². The number of benzene rings is 1. The molecule has 0 saturated carbocycles. The van der Waals surface area contributed by atoms with Gasteiger partial charge in [-0.05, 0) is 24.1 Å². The van der Waals surface area contributed by atoms with Crippen molar-refractivity contribution in [1.82, 2.24) is 0 Å². The summed E-state index contributed by atoms with van der Waals surface area (Å²) in [4.78, 5) is 0. The van der Waals surface area contributed by atoms with E-state index in [1.807, 2.05) is 18.2 Å². The minimum absolute atomic E-state index is 0.615. The first-order valence-electron chi connectivity index (χ1n) is 3.39. The number of halogens is 1. The Labute approximate surface area is 71.5 Å². The lowest BCUT2D eigenvalue weighted by atomic mass is 10.1. The summed E-state index contributed by atoms with van der Waals surface area (Å²) in [5.74, 6) is 0. The summed E-state index contributed by atoms with van der Waals surface area (Å²) in [6, 6.07) is 5.61. The second-order valence-electron chi connectivity index (χ2n) is 2.35. The van der Waals surface area contributed by atoms with Crippen LogP contribution < -0.4 is 5.73 Å². The first-order chi connectivity index (χ1) is 5.24. The number of hydrogen-bond donors (Lipinski definition) is 1. The molecule has 11 heavy (non-hydrogen) atoms. The molecular weight excluding hydrogens is 158 g/mol. The number of anilines is 1. The Morgan fingerprint density at radius 2 is 2.27 bits per heavy atom. The van der Waals surface area contributed by atoms with Crippen LogP contribution in [0.15, 0.2) is 30.9 Å². The molecule has 0 aliphatic carbocycles. The quantitative estimate of drug-likeness (QED) is 0.532. The Morgan fingerprint density at radius 3 is 2.82 bits per heavy atom. The van der Waals surface area contributed by atoms with Crippen molar-refractivity contribution in [3.05, 3.63) is 41.4 Å². The Bertz CT molecular complexity index is 268. The summed E-state index contributed by atoms with van der Waals surface area (Å²) >= 11 is 5.79. The molecular formula is C9H10ClN. The maximum Gasteiger partial charge on any atom is 0.0638 e. The fourth-order valence-corrected chi connectivity index (χ4v) is 1.07. The number of allylic oxidation sites excluding steroid dienone is 1. The largest absolute Gasteiger partial charge is 0.398 e. The lowest BCUT2D eigenvalue weighted by Crippen LogP contribution is -1.87. The van der Waals surface area contributed by atoms with E-state index in [4.69, 9.17) is 17.3 Å². The highest BCUT2D eigenvalue weighted by molar-refractivity contribution is 6.33. The molecule has 0 aromatic heterocycles. The van der Waals surface area contributed by atoms with E-state index in [1.165, 1.54) is 0 Å². The number of rotatable bonds is 2. The third-order valence-corrected chi connectivity index (χ3v) is 1.77. The second kappa shape index (κ2) is 3.44. The zero-order valence-electron chi connectivity index (χ0n) is 6.18. The summed E-state index contributed by atoms with van der Waals surface area (Å²) in [7, 11) is 0. The van der Waals surface area contributed by atoms with Crippen LogP contribution in [0.25, 0.3) is 0 Å². The molecule has 1 rings (SSSR count). The van der Waals surface area contributed by atoms with Crippen molar-refractivity contribution in [2.45, 2.75) is 6.42 Å². The van der Waals surface area contributed by atoms with Gasteiger partial charge < -0.3 is 5.73 Å². The van der Waals surface area contributed by atoms with Gasteiger partial charge in [-0.3, -0.25) is 0 Å². The van der Waals surface area contributed by atoms with E-state index in [9.17, 15) is 0 Å². The normalized spacial score (nSPS) is 9.55. The molecule has 0 unspecified atom stereocenters. The monoisotopic (exact) mass is 167 g/mol. The van der Waals surface area contributed by atoms with Crippen LogP contribution in [0.3, 0.4) is 0 Å². The van der Waals surface area contributed by atoms with Gasteiger partial charge in [0.15, 0.2) is 0 Å². The van der Waals surface area contributed by atoms with Gasteiger partial charge in [-0.2, -0.15) is 0 Å². The lowest BCUT2D eigenvalue weighted by molar-refractivity contribution is 1.28. The Kier molecular flexibility index (Phi) is 2.55. The van der Waals surface area contributed by atoms with Crippen LogP contribution in [0, 0.1) is 0 Å². The topological polar surface area (TPSA) is 26.0 Å². The molecule has 1 aromatic carbocycles. The molecule has 0 heterocycles. The average molecular weight is 168 g/mol. The highest BCUT2D eigenvalue weighted by Gasteiger charge is 1.95. The summed E-state index contributed by atoms with van der Waals surface area (Å²) in [6.07, 6.45) is 2.67. The predicted molar refractivity (Wildman–Crippen MR) is 49.8 cm³/mol. The Morgan fingerprint density at radius 1 is 1.55 bits per heavy atom. The lowest BCUT2D eigenvalue weighted by Gasteiger charge is -1.99. The Balaban J connectivity index is 2.95. The highest BCUT2D eigenvalue weighted by atomic mass is 35.5. The maximum atomic E-state index is 5.79. The summed E-state index contributed by atoms with van der Waals surface area (Å²) in [6.45, 7) is 3.63. The molecule has 0 bridgehead atoms. The van der Waals surface area contributed by atoms with Crippen molar-refractivity contribution in [3.63, 3.8) is 0 Å². The minimum Gasteiger partial charge on any atom is -0.398 e. The Hall–Kier alpha value is -0.950. The first-order valence-corrected chi connectivity index (χ1v) is 3.76. The molecule has 0 fully saturated rings. The third kappa shape index (κ3) is 1.99. The van der Waals surface area contributed by atoms with Crippen molar-refractivity contribution >= 4 is 17.3 Å². The van der Waals surface area contributed by atoms with Gasteiger partial charge in [0, 0.05) is 0 Å². The van der Waals surface area contributed by atoms with Gasteiger partial charge in [0.25, 0.3) is 0 Å². The highest BCUT2D eigenvalue weighted by Crippen LogP contribution is 2.19. The number of hydrogen-bond acceptors (Lipinski definition) is 1. The molecule has 1 aromatic rings. The average Bonchev–Trinajstić information content (AvgIpc) is 1.98. The molecule has 0 atom stereocenters.